The van der Waals surface area contributed by atoms with Crippen LogP contribution in [-0.2, 0) is 23.1 Å². The van der Waals surface area contributed by atoms with Crippen LogP contribution in [-0.4, -0.2) is 25.8 Å². The summed E-state index contributed by atoms with van der Waals surface area (Å²) in [7, 11) is -3.47. The van der Waals surface area contributed by atoms with Gasteiger partial charge in [0.1, 0.15) is 9.97 Å². The molecule has 2 rings (SSSR count). The Labute approximate surface area is 129 Å². The maximum Gasteiger partial charge on any atom is 0.252 e. The molecule has 0 aromatic carbocycles. The Balaban J connectivity index is 2.16. The first-order valence-corrected chi connectivity index (χ1v) is 9.15. The predicted octanol–water partition coefficient (Wildman–Crippen LogP) is 2.66. The van der Waals surface area contributed by atoms with Crippen molar-refractivity contribution >= 4 is 21.4 Å². The molecule has 116 valence electrons. The first-order chi connectivity index (χ1) is 10.1. The number of hydrogen-bond donors (Lipinski definition) is 1. The van der Waals surface area contributed by atoms with E-state index in [1.54, 1.807) is 24.5 Å². The van der Waals surface area contributed by atoms with Crippen molar-refractivity contribution in [3.05, 3.63) is 41.2 Å². The first-order valence-electron chi connectivity index (χ1n) is 6.90. The van der Waals surface area contributed by atoms with Crippen molar-refractivity contribution in [2.24, 2.45) is 0 Å². The van der Waals surface area contributed by atoms with Crippen molar-refractivity contribution < 1.29 is 12.8 Å². The van der Waals surface area contributed by atoms with Gasteiger partial charge in [0.25, 0.3) is 10.0 Å². The topological polar surface area (TPSA) is 62.6 Å². The number of hydrogen-bond acceptors (Lipinski definition) is 5. The highest BCUT2D eigenvalue weighted by Crippen LogP contribution is 2.26. The third-order valence-corrected chi connectivity index (χ3v) is 6.52. The third-order valence-electron chi connectivity index (χ3n) is 3.05. The lowest BCUT2D eigenvalue weighted by Gasteiger charge is -2.18. The Morgan fingerprint density at radius 1 is 1.29 bits per heavy atom. The minimum absolute atomic E-state index is 0.256. The summed E-state index contributed by atoms with van der Waals surface area (Å²) >= 11 is 1.31. The molecule has 0 radical (unpaired) electrons. The monoisotopic (exact) mass is 328 g/mol. The lowest BCUT2D eigenvalue weighted by Crippen LogP contribution is -2.29. The van der Waals surface area contributed by atoms with Crippen molar-refractivity contribution in [1.82, 2.24) is 9.62 Å². The highest BCUT2D eigenvalue weighted by Gasteiger charge is 2.25. The predicted molar refractivity (Wildman–Crippen MR) is 83.7 cm³/mol. The van der Waals surface area contributed by atoms with Gasteiger partial charge in [0.15, 0.2) is 0 Å². The number of nitrogens with zero attached hydrogens (tertiary/aromatic N) is 1. The van der Waals surface area contributed by atoms with Crippen LogP contribution in [0.15, 0.2) is 39.2 Å². The van der Waals surface area contributed by atoms with Crippen LogP contribution in [0.1, 0.15) is 24.5 Å². The van der Waals surface area contributed by atoms with Crippen LogP contribution in [0, 0.1) is 0 Å². The second kappa shape index (κ2) is 7.22. The van der Waals surface area contributed by atoms with Crippen LogP contribution >= 0.6 is 11.3 Å². The molecule has 0 bridgehead atoms. The van der Waals surface area contributed by atoms with Gasteiger partial charge in [-0.25, -0.2) is 8.42 Å². The molecule has 0 fully saturated rings. The van der Waals surface area contributed by atoms with E-state index < -0.39 is 10.0 Å². The third kappa shape index (κ3) is 3.94. The van der Waals surface area contributed by atoms with Gasteiger partial charge in [0.2, 0.25) is 0 Å². The molecular formula is C14H20N2O3S2. The average molecular weight is 328 g/mol. The Bertz CT molecular complexity index is 648. The van der Waals surface area contributed by atoms with Gasteiger partial charge in [0, 0.05) is 18.0 Å². The summed E-state index contributed by atoms with van der Waals surface area (Å²) in [6.07, 6.45) is 1.55. The molecule has 0 aliphatic carbocycles. The highest BCUT2D eigenvalue weighted by atomic mass is 32.2. The fraction of sp³-hybridized carbons (Fsp3) is 0.429. The lowest BCUT2D eigenvalue weighted by molar-refractivity contribution is 0.376. The molecule has 0 saturated heterocycles. The number of furan rings is 1. The van der Waals surface area contributed by atoms with Gasteiger partial charge in [-0.15, -0.1) is 11.3 Å². The van der Waals surface area contributed by atoms with Crippen molar-refractivity contribution in [2.45, 2.75) is 31.1 Å². The van der Waals surface area contributed by atoms with E-state index in [1.165, 1.54) is 15.6 Å². The van der Waals surface area contributed by atoms with Gasteiger partial charge in [-0.2, -0.15) is 4.31 Å². The second-order valence-corrected chi connectivity index (χ2v) is 7.84. The molecule has 2 aromatic heterocycles. The molecule has 0 spiro atoms. The number of thiophene rings is 1. The van der Waals surface area contributed by atoms with Crippen molar-refractivity contribution in [3.63, 3.8) is 0 Å². The van der Waals surface area contributed by atoms with Gasteiger partial charge in [-0.05, 0) is 30.8 Å². The molecule has 7 heteroatoms. The van der Waals surface area contributed by atoms with Crippen molar-refractivity contribution in [3.8, 4) is 0 Å². The zero-order valence-electron chi connectivity index (χ0n) is 12.2. The zero-order valence-corrected chi connectivity index (χ0v) is 13.8. The van der Waals surface area contributed by atoms with Crippen LogP contribution in [0.5, 0.6) is 0 Å². The Kier molecular flexibility index (Phi) is 5.58. The maximum absolute atomic E-state index is 12.7. The fourth-order valence-electron chi connectivity index (χ4n) is 1.91. The standard InChI is InChI=1S/C14H20N2O3S2/c1-3-15-10-13-7-8-14(20-13)21(17,18)16(4-2)11-12-6-5-9-19-12/h5-9,15H,3-4,10-11H2,1-2H3. The summed E-state index contributed by atoms with van der Waals surface area (Å²) in [6.45, 7) is 6.07. The molecule has 0 atom stereocenters. The van der Waals surface area contributed by atoms with E-state index >= 15 is 0 Å². The average Bonchev–Trinajstić information content (AvgIpc) is 3.13. The van der Waals surface area contributed by atoms with Gasteiger partial charge < -0.3 is 9.73 Å². The SMILES string of the molecule is CCNCc1ccc(S(=O)(=O)N(CC)Cc2ccco2)s1. The molecule has 0 aliphatic rings. The Morgan fingerprint density at radius 2 is 2.10 bits per heavy atom. The first kappa shape index (κ1) is 16.2. The smallest absolute Gasteiger partial charge is 0.252 e. The molecule has 0 saturated carbocycles. The summed E-state index contributed by atoms with van der Waals surface area (Å²) in [5.41, 5.74) is 0. The zero-order chi connectivity index (χ0) is 15.3. The molecule has 0 amide bonds. The molecule has 0 aliphatic heterocycles. The molecule has 2 aromatic rings. The van der Waals surface area contributed by atoms with E-state index in [-0.39, 0.29) is 6.54 Å². The van der Waals surface area contributed by atoms with Gasteiger partial charge in [-0.1, -0.05) is 13.8 Å². The Morgan fingerprint density at radius 3 is 2.71 bits per heavy atom. The van der Waals surface area contributed by atoms with E-state index in [4.69, 9.17) is 4.42 Å². The summed E-state index contributed by atoms with van der Waals surface area (Å²) in [5.74, 6) is 0.643. The second-order valence-electron chi connectivity index (χ2n) is 4.51. The molecule has 1 N–H and O–H groups in total. The Hall–Kier alpha value is -1.15. The van der Waals surface area contributed by atoms with Crippen LogP contribution < -0.4 is 5.32 Å². The minimum Gasteiger partial charge on any atom is -0.468 e. The maximum atomic E-state index is 12.7. The van der Waals surface area contributed by atoms with Gasteiger partial charge >= 0.3 is 0 Å². The van der Waals surface area contributed by atoms with Crippen molar-refractivity contribution in [1.29, 1.82) is 0 Å². The van der Waals surface area contributed by atoms with Crippen LogP contribution in [0.4, 0.5) is 0 Å². The number of rotatable bonds is 8. The highest BCUT2D eigenvalue weighted by molar-refractivity contribution is 7.91. The van der Waals surface area contributed by atoms with Crippen LogP contribution in [0.2, 0.25) is 0 Å². The van der Waals surface area contributed by atoms with Crippen LogP contribution in [0.3, 0.4) is 0 Å². The molecule has 0 unspecified atom stereocenters. The quantitative estimate of drug-likeness (QED) is 0.809. The van der Waals surface area contributed by atoms with Gasteiger partial charge in [0.05, 0.1) is 12.8 Å². The number of sulfonamides is 1. The van der Waals surface area contributed by atoms with E-state index in [2.05, 4.69) is 5.32 Å². The summed E-state index contributed by atoms with van der Waals surface area (Å²) in [6, 6.07) is 7.08. The summed E-state index contributed by atoms with van der Waals surface area (Å²) in [5, 5.41) is 3.20. The van der Waals surface area contributed by atoms with E-state index in [1.807, 2.05) is 19.9 Å². The fourth-order valence-corrected chi connectivity index (χ4v) is 4.81. The lowest BCUT2D eigenvalue weighted by atomic mass is 10.4. The molecular weight excluding hydrogens is 308 g/mol. The van der Waals surface area contributed by atoms with E-state index in [9.17, 15) is 8.42 Å². The normalized spacial score (nSPS) is 12.1. The van der Waals surface area contributed by atoms with Crippen LogP contribution in [0.25, 0.3) is 0 Å². The number of nitrogens with one attached hydrogen (secondary N) is 1. The summed E-state index contributed by atoms with van der Waals surface area (Å²) in [4.78, 5) is 1.02. The molecule has 5 nitrogen and oxygen atoms in total. The largest absolute Gasteiger partial charge is 0.468 e. The minimum atomic E-state index is -3.47. The van der Waals surface area contributed by atoms with Crippen molar-refractivity contribution in [2.75, 3.05) is 13.1 Å². The van der Waals surface area contributed by atoms with E-state index in [0.29, 0.717) is 23.1 Å². The van der Waals surface area contributed by atoms with Gasteiger partial charge in [-0.3, -0.25) is 0 Å². The molecule has 21 heavy (non-hydrogen) atoms. The molecule has 2 heterocycles. The van der Waals surface area contributed by atoms with E-state index in [0.717, 1.165) is 11.4 Å². The summed E-state index contributed by atoms with van der Waals surface area (Å²) < 4.78 is 32.3.